The summed E-state index contributed by atoms with van der Waals surface area (Å²) in [6.07, 6.45) is 0. The summed E-state index contributed by atoms with van der Waals surface area (Å²) in [7, 11) is 0. The number of hydrogen-bond donors (Lipinski definition) is 1. The van der Waals surface area contributed by atoms with Gasteiger partial charge in [0, 0.05) is 31.9 Å². The normalized spacial score (nSPS) is 15.2. The molecule has 3 heterocycles. The average molecular weight is 507 g/mol. The van der Waals surface area contributed by atoms with Crippen LogP contribution >= 0.6 is 27.3 Å². The highest BCUT2D eigenvalue weighted by Crippen LogP contribution is 2.44. The number of hydrogen-bond acceptors (Lipinski definition) is 7. The van der Waals surface area contributed by atoms with Crippen molar-refractivity contribution in [3.05, 3.63) is 91.6 Å². The molecule has 0 saturated carbocycles. The lowest BCUT2D eigenvalue weighted by Gasteiger charge is -2.25. The molecule has 5 rings (SSSR count). The van der Waals surface area contributed by atoms with Crippen LogP contribution in [-0.4, -0.2) is 5.97 Å². The van der Waals surface area contributed by atoms with Crippen LogP contribution in [0.25, 0.3) is 11.0 Å². The van der Waals surface area contributed by atoms with Crippen LogP contribution in [0.5, 0.6) is 11.5 Å². The van der Waals surface area contributed by atoms with Gasteiger partial charge in [-0.15, -0.1) is 11.3 Å². The highest BCUT2D eigenvalue weighted by molar-refractivity contribution is 9.10. The first-order valence-corrected chi connectivity index (χ1v) is 11.3. The molecule has 0 aliphatic carbocycles. The minimum absolute atomic E-state index is 0.0422. The number of rotatable bonds is 3. The number of benzene rings is 2. The van der Waals surface area contributed by atoms with Crippen LogP contribution in [0.15, 0.2) is 74.3 Å². The number of carbonyl (C=O) groups excluding carboxylic acids is 1. The zero-order chi connectivity index (χ0) is 22.4. The Bertz CT molecular complexity index is 1450. The Hall–Kier alpha value is -3.54. The molecule has 0 radical (unpaired) electrons. The molecule has 0 bridgehead atoms. The van der Waals surface area contributed by atoms with Gasteiger partial charge in [0.15, 0.2) is 0 Å². The summed E-state index contributed by atoms with van der Waals surface area (Å²) in [6, 6.07) is 16.6. The Labute approximate surface area is 195 Å². The van der Waals surface area contributed by atoms with Crippen molar-refractivity contribution >= 4 is 44.2 Å². The summed E-state index contributed by atoms with van der Waals surface area (Å²) in [5, 5.41) is 12.4. The first-order valence-electron chi connectivity index (χ1n) is 9.62. The van der Waals surface area contributed by atoms with E-state index in [-0.39, 0.29) is 23.3 Å². The summed E-state index contributed by atoms with van der Waals surface area (Å²) in [6.45, 7) is 1.81. The number of fused-ring (bicyclic) bond motifs is 2. The topological polar surface area (TPSA) is 98.5 Å². The van der Waals surface area contributed by atoms with Crippen molar-refractivity contribution in [2.45, 2.75) is 12.8 Å². The van der Waals surface area contributed by atoms with Crippen molar-refractivity contribution < 1.29 is 18.7 Å². The van der Waals surface area contributed by atoms with E-state index in [2.05, 4.69) is 22.0 Å². The van der Waals surface area contributed by atoms with Gasteiger partial charge in [0.05, 0.1) is 5.92 Å². The highest BCUT2D eigenvalue weighted by Gasteiger charge is 2.32. The summed E-state index contributed by atoms with van der Waals surface area (Å²) in [4.78, 5) is 13.8. The molecule has 1 unspecified atom stereocenters. The molecule has 8 heteroatoms. The smallest absolute Gasteiger partial charge is 0.379 e. The lowest BCUT2D eigenvalue weighted by atomic mass is 9.88. The van der Waals surface area contributed by atoms with Gasteiger partial charge in [-0.05, 0) is 42.6 Å². The molecule has 0 spiro atoms. The maximum atomic E-state index is 12.8. The fraction of sp³-hybridized carbons (Fsp3) is 0.0833. The quantitative estimate of drug-likeness (QED) is 0.270. The van der Waals surface area contributed by atoms with E-state index in [9.17, 15) is 10.1 Å². The minimum atomic E-state index is -0.610. The molecule has 0 saturated heterocycles. The molecule has 32 heavy (non-hydrogen) atoms. The van der Waals surface area contributed by atoms with Gasteiger partial charge in [0.25, 0.3) is 0 Å². The molecule has 1 atom stereocenters. The van der Waals surface area contributed by atoms with Crippen molar-refractivity contribution in [2.75, 3.05) is 0 Å². The van der Waals surface area contributed by atoms with E-state index in [1.165, 1.54) is 11.3 Å². The molecule has 2 aromatic carbocycles. The third-order valence-corrected chi connectivity index (χ3v) is 6.74. The van der Waals surface area contributed by atoms with E-state index in [1.807, 2.05) is 36.6 Å². The summed E-state index contributed by atoms with van der Waals surface area (Å²) >= 11 is 4.96. The first kappa shape index (κ1) is 20.4. The summed E-state index contributed by atoms with van der Waals surface area (Å²) in [5.41, 5.74) is 8.47. The van der Waals surface area contributed by atoms with Gasteiger partial charge in [0.1, 0.15) is 28.7 Å². The number of halogens is 1. The maximum Gasteiger partial charge on any atom is 0.379 e. The van der Waals surface area contributed by atoms with Crippen molar-refractivity contribution in [1.29, 1.82) is 5.26 Å². The monoisotopic (exact) mass is 506 g/mol. The van der Waals surface area contributed by atoms with Crippen LogP contribution < -0.4 is 15.2 Å². The van der Waals surface area contributed by atoms with E-state index in [0.717, 1.165) is 20.3 Å². The zero-order valence-electron chi connectivity index (χ0n) is 16.7. The first-order chi connectivity index (χ1) is 15.5. The van der Waals surface area contributed by atoms with Crippen LogP contribution in [0.3, 0.4) is 0 Å². The second-order valence-corrected chi connectivity index (χ2v) is 9.12. The lowest BCUT2D eigenvalue weighted by Crippen LogP contribution is -2.20. The van der Waals surface area contributed by atoms with Crippen LogP contribution in [0.4, 0.5) is 0 Å². The van der Waals surface area contributed by atoms with Crippen molar-refractivity contribution in [3.8, 4) is 17.6 Å². The van der Waals surface area contributed by atoms with Gasteiger partial charge in [-0.3, -0.25) is 0 Å². The number of nitrogens with zero attached hydrogens (tertiary/aromatic N) is 1. The predicted molar refractivity (Wildman–Crippen MR) is 124 cm³/mol. The molecule has 1 aliphatic heterocycles. The van der Waals surface area contributed by atoms with Gasteiger partial charge >= 0.3 is 5.97 Å². The predicted octanol–water partition coefficient (Wildman–Crippen LogP) is 6.00. The van der Waals surface area contributed by atoms with Crippen molar-refractivity contribution in [2.24, 2.45) is 5.73 Å². The molecule has 2 aromatic heterocycles. The van der Waals surface area contributed by atoms with E-state index in [4.69, 9.17) is 19.6 Å². The second kappa shape index (κ2) is 7.86. The van der Waals surface area contributed by atoms with Crippen LogP contribution in [0, 0.1) is 18.3 Å². The molecule has 0 amide bonds. The summed E-state index contributed by atoms with van der Waals surface area (Å²) < 4.78 is 17.9. The fourth-order valence-electron chi connectivity index (χ4n) is 3.79. The Balaban J connectivity index is 1.48. The van der Waals surface area contributed by atoms with Crippen LogP contribution in [0.2, 0.25) is 0 Å². The van der Waals surface area contributed by atoms with Crippen molar-refractivity contribution in [3.63, 3.8) is 0 Å². The number of nitrogens with two attached hydrogens (primary N) is 1. The van der Waals surface area contributed by atoms with E-state index < -0.39 is 5.97 Å². The minimum Gasteiger partial charge on any atom is -0.449 e. The number of furan rings is 1. The van der Waals surface area contributed by atoms with Gasteiger partial charge in [-0.1, -0.05) is 28.1 Å². The Kier molecular flexibility index (Phi) is 5.00. The maximum absolute atomic E-state index is 12.8. The van der Waals surface area contributed by atoms with Crippen LogP contribution in [0.1, 0.15) is 32.5 Å². The van der Waals surface area contributed by atoms with Crippen molar-refractivity contribution in [1.82, 2.24) is 0 Å². The molecule has 2 N–H and O–H groups in total. The van der Waals surface area contributed by atoms with E-state index >= 15 is 0 Å². The number of thiophene rings is 1. The largest absolute Gasteiger partial charge is 0.449 e. The van der Waals surface area contributed by atoms with E-state index in [0.29, 0.717) is 22.5 Å². The number of carbonyl (C=O) groups is 1. The molecule has 1 aliphatic rings. The molecule has 6 nitrogen and oxygen atoms in total. The number of aryl methyl sites for hydroxylation is 1. The third kappa shape index (κ3) is 3.36. The number of nitriles is 1. The number of allylic oxidation sites excluding steroid dienone is 1. The Morgan fingerprint density at radius 1 is 1.25 bits per heavy atom. The van der Waals surface area contributed by atoms with E-state index in [1.54, 1.807) is 24.3 Å². The Morgan fingerprint density at radius 3 is 2.84 bits per heavy atom. The number of esters is 1. The highest BCUT2D eigenvalue weighted by atomic mass is 79.9. The molecule has 158 valence electrons. The molecular formula is C24H15BrN2O4S. The van der Waals surface area contributed by atoms with Gasteiger partial charge in [-0.2, -0.15) is 5.26 Å². The van der Waals surface area contributed by atoms with Crippen LogP contribution in [-0.2, 0) is 0 Å². The molecular weight excluding hydrogens is 492 g/mol. The van der Waals surface area contributed by atoms with Gasteiger partial charge in [0.2, 0.25) is 11.6 Å². The number of ether oxygens (including phenoxy) is 2. The Morgan fingerprint density at radius 2 is 2.09 bits per heavy atom. The average Bonchev–Trinajstić information content (AvgIpc) is 3.41. The zero-order valence-corrected chi connectivity index (χ0v) is 19.1. The molecule has 4 aromatic rings. The SMILES string of the molecule is Cc1c(C(=O)Oc2ccc3c(c2)OC(N)=C(C#N)C3c2cccs2)oc2ccc(Br)cc12. The van der Waals surface area contributed by atoms with Gasteiger partial charge in [-0.25, -0.2) is 4.79 Å². The lowest BCUT2D eigenvalue weighted by molar-refractivity contribution is 0.0702. The standard InChI is InChI=1S/C24H15BrN2O4S/c1-12-16-9-13(25)4-7-18(16)30-22(12)24(28)29-14-5-6-15-19(10-14)31-23(27)17(11-26)21(15)20-3-2-8-32-20/h2-10,21H,27H2,1H3. The summed E-state index contributed by atoms with van der Waals surface area (Å²) in [5.74, 6) is -0.0328. The third-order valence-electron chi connectivity index (χ3n) is 5.31. The molecule has 0 fully saturated rings. The fourth-order valence-corrected chi connectivity index (χ4v) is 5.00. The second-order valence-electron chi connectivity index (χ2n) is 7.23. The van der Waals surface area contributed by atoms with Gasteiger partial charge < -0.3 is 19.6 Å².